The lowest BCUT2D eigenvalue weighted by atomic mass is 9.68. The van der Waals surface area contributed by atoms with E-state index in [9.17, 15) is 0 Å². The van der Waals surface area contributed by atoms with E-state index in [1.54, 1.807) is 0 Å². The van der Waals surface area contributed by atoms with Crippen molar-refractivity contribution in [1.29, 1.82) is 0 Å². The Morgan fingerprint density at radius 2 is 0.259 bits per heavy atom. The molecule has 5 radical (unpaired) electrons. The first kappa shape index (κ1) is 121. The minimum atomic E-state index is 0. The molecule has 10 heteroatoms. The highest BCUT2D eigenvalue weighted by molar-refractivity contribution is 7.81. The average Bonchev–Trinajstić information content (AvgIpc) is 0.850. The van der Waals surface area contributed by atoms with Crippen LogP contribution in [0, 0.1) is 88.8 Å². The summed E-state index contributed by atoms with van der Waals surface area (Å²) in [4.78, 5) is 4.88. The lowest BCUT2D eigenvalue weighted by Crippen LogP contribution is -2.25. The third-order valence-electron chi connectivity index (χ3n) is 37.0. The van der Waals surface area contributed by atoms with E-state index in [0.29, 0.717) is 0 Å². The summed E-state index contributed by atoms with van der Waals surface area (Å²) in [6, 6.07) is 43.9. The fourth-order valence-corrected chi connectivity index (χ4v) is 28.9. The number of rotatable bonds is 40. The number of halogens is 5. The molecule has 0 spiro atoms. The molecule has 0 amide bonds. The molecule has 0 heterocycles. The third kappa shape index (κ3) is 44.1. The van der Waals surface area contributed by atoms with Gasteiger partial charge in [0.2, 0.25) is 0 Å². The minimum Gasteiger partial charge on any atom is -0.269 e. The molecule has 765 valence electrons. The standard InChI is InChI=1S/5C25H39S.5FH/c5*1-2-3-4-5-6-7-20-8-10-21(11-9-20)22-12-14-23(15-13-22)24-16-18-25(26)19-17-24;;;;;/h5*16-23H,2-15H2,1H3;5*1H/t5*20-,21-,22?,23?;;;;;. The van der Waals surface area contributed by atoms with E-state index in [1.807, 2.05) is 0 Å². The monoisotopic (exact) mass is 1960 g/mol. The summed E-state index contributed by atoms with van der Waals surface area (Å²) in [5.41, 5.74) is 7.66. The zero-order chi connectivity index (χ0) is 91.0. The van der Waals surface area contributed by atoms with Crippen molar-refractivity contribution in [3.05, 3.63) is 149 Å². The Morgan fingerprint density at radius 3 is 0.378 bits per heavy atom. The van der Waals surface area contributed by atoms with Crippen LogP contribution in [0.15, 0.2) is 146 Å². The predicted molar refractivity (Wildman–Crippen MR) is 592 cm³/mol. The smallest absolute Gasteiger partial charge is 0.0377 e. The van der Waals surface area contributed by atoms with Crippen molar-refractivity contribution in [3.8, 4) is 0 Å². The van der Waals surface area contributed by atoms with Gasteiger partial charge in [-0.3, -0.25) is 23.5 Å². The molecule has 10 aliphatic rings. The summed E-state index contributed by atoms with van der Waals surface area (Å²) in [6.45, 7) is 11.6. The van der Waals surface area contributed by atoms with Crippen LogP contribution >= 0.6 is 63.1 Å². The minimum absolute atomic E-state index is 0. The number of benzene rings is 5. The zero-order valence-corrected chi connectivity index (χ0v) is 90.8. The SMILES string of the molecule is CCCCCCC[C@H]1CC[C@H](C2CCC(c3ccc([S])cc3)CC2)CC1.CCCCCCC[C@H]1CC[C@H](C2CCC(c3ccc([S])cc3)CC2)CC1.CCCCCCC[C@H]1CC[C@H](C2CCC(c3ccc([S])cc3)CC2)CC1.CCCCCCC[C@H]1CC[C@H](C2CCC(c3ccc([S])cc3)CC2)CC1.CCCCCCC[C@H]1CC[C@H](C2CCC(c3ccc([S])cc3)CC2)CC1.F.F.F.F.F. The fraction of sp³-hybridized carbons (Fsp3) is 0.760. The maximum atomic E-state index is 5.23. The molecule has 0 aromatic heterocycles. The molecule has 0 atom stereocenters. The fourth-order valence-electron chi connectivity index (χ4n) is 28.2. The molecular formula is C125H200F5S5. The van der Waals surface area contributed by atoms with Gasteiger partial charge < -0.3 is 0 Å². The highest BCUT2D eigenvalue weighted by atomic mass is 32.1. The zero-order valence-electron chi connectivity index (χ0n) is 86.7. The Bertz CT molecular complexity index is 3030. The molecule has 5 aromatic carbocycles. The molecule has 0 N–H and O–H groups in total. The van der Waals surface area contributed by atoms with Crippen LogP contribution in [0.5, 0.6) is 0 Å². The highest BCUT2D eigenvalue weighted by Crippen LogP contribution is 2.52. The largest absolute Gasteiger partial charge is 0.269 e. The van der Waals surface area contributed by atoms with Gasteiger partial charge in [0.1, 0.15) is 0 Å². The van der Waals surface area contributed by atoms with Crippen molar-refractivity contribution in [1.82, 2.24) is 0 Å². The summed E-state index contributed by atoms with van der Waals surface area (Å²) in [5, 5.41) is 0. The molecule has 0 unspecified atom stereocenters. The van der Waals surface area contributed by atoms with Gasteiger partial charge in [-0.15, -0.1) is 0 Å². The normalized spacial score (nSPS) is 28.5. The Morgan fingerprint density at radius 1 is 0.148 bits per heavy atom. The molecule has 5 aromatic rings. The van der Waals surface area contributed by atoms with E-state index in [2.05, 4.69) is 156 Å². The second kappa shape index (κ2) is 70.5. The molecule has 135 heavy (non-hydrogen) atoms. The molecule has 10 fully saturated rings. The van der Waals surface area contributed by atoms with Crippen molar-refractivity contribution in [2.45, 2.75) is 538 Å². The predicted octanol–water partition coefficient (Wildman–Crippen LogP) is 44.2. The van der Waals surface area contributed by atoms with E-state index in [4.69, 9.17) is 63.1 Å². The Balaban J connectivity index is 0.000000257. The van der Waals surface area contributed by atoms with Crippen LogP contribution in [0.2, 0.25) is 0 Å². The van der Waals surface area contributed by atoms with E-state index in [-0.39, 0.29) is 23.5 Å². The van der Waals surface area contributed by atoms with Gasteiger partial charge in [0, 0.05) is 24.5 Å². The first-order valence-electron chi connectivity index (χ1n) is 57.6. The molecule has 0 aliphatic heterocycles. The molecule has 0 bridgehead atoms. The van der Waals surface area contributed by atoms with E-state index in [0.717, 1.165) is 143 Å². The van der Waals surface area contributed by atoms with Gasteiger partial charge in [-0.2, -0.15) is 0 Å². The van der Waals surface area contributed by atoms with Crippen LogP contribution in [0.4, 0.5) is 23.5 Å². The van der Waals surface area contributed by atoms with Crippen LogP contribution in [-0.4, -0.2) is 0 Å². The van der Waals surface area contributed by atoms with Gasteiger partial charge in [0.25, 0.3) is 0 Å². The molecule has 10 aliphatic carbocycles. The summed E-state index contributed by atoms with van der Waals surface area (Å²) in [7, 11) is 0. The molecule has 0 nitrogen and oxygen atoms in total. The van der Waals surface area contributed by atoms with Crippen molar-refractivity contribution >= 4 is 63.1 Å². The summed E-state index contributed by atoms with van der Waals surface area (Å²) >= 11 is 26.2. The topological polar surface area (TPSA) is 0 Å². The van der Waals surface area contributed by atoms with Crippen molar-refractivity contribution in [2.24, 2.45) is 88.8 Å². The van der Waals surface area contributed by atoms with Crippen LogP contribution in [0.25, 0.3) is 0 Å². The van der Waals surface area contributed by atoms with Gasteiger partial charge in [0.15, 0.2) is 0 Å². The maximum absolute atomic E-state index is 5.23. The van der Waals surface area contributed by atoms with Crippen LogP contribution in [0.3, 0.4) is 0 Å². The summed E-state index contributed by atoms with van der Waals surface area (Å²) in [6.07, 6.45) is 103. The third-order valence-corrected chi connectivity index (χ3v) is 38.3. The van der Waals surface area contributed by atoms with Crippen molar-refractivity contribution in [3.63, 3.8) is 0 Å². The maximum Gasteiger partial charge on any atom is 0.0377 e. The lowest BCUT2D eigenvalue weighted by Gasteiger charge is -2.38. The van der Waals surface area contributed by atoms with Gasteiger partial charge in [-0.1, -0.05) is 415 Å². The molecular weight excluding hydrogens is 1760 g/mol. The lowest BCUT2D eigenvalue weighted by molar-refractivity contribution is 0.155. The Hall–Kier alpha value is -3.15. The van der Waals surface area contributed by atoms with Gasteiger partial charge in [0.05, 0.1) is 0 Å². The second-order valence-electron chi connectivity index (χ2n) is 45.8. The first-order valence-corrected chi connectivity index (χ1v) is 59.7. The quantitative estimate of drug-likeness (QED) is 0.0271. The molecule has 10 saturated carbocycles. The number of unbranched alkanes of at least 4 members (excludes halogenated alkanes) is 20. The van der Waals surface area contributed by atoms with Crippen molar-refractivity contribution < 1.29 is 23.5 Å². The molecule has 15 rings (SSSR count). The van der Waals surface area contributed by atoms with Crippen LogP contribution in [-0.2, 0) is 0 Å². The van der Waals surface area contributed by atoms with E-state index in [1.165, 1.54) is 477 Å². The first-order chi connectivity index (χ1) is 63.8. The highest BCUT2D eigenvalue weighted by Gasteiger charge is 2.38. The van der Waals surface area contributed by atoms with E-state index < -0.39 is 0 Å². The van der Waals surface area contributed by atoms with Gasteiger partial charge >= 0.3 is 0 Å². The van der Waals surface area contributed by atoms with Gasteiger partial charge in [-0.25, -0.2) is 0 Å². The van der Waals surface area contributed by atoms with Crippen LogP contribution < -0.4 is 0 Å². The molecule has 0 saturated heterocycles. The van der Waals surface area contributed by atoms with Crippen molar-refractivity contribution in [2.75, 3.05) is 0 Å². The summed E-state index contributed by atoms with van der Waals surface area (Å²) in [5.74, 6) is 19.6. The summed E-state index contributed by atoms with van der Waals surface area (Å²) < 4.78 is 0. The Kier molecular flexibility index (Phi) is 63.0. The number of hydrogen-bond acceptors (Lipinski definition) is 0. The average molecular weight is 1960 g/mol. The number of hydrogen-bond donors (Lipinski definition) is 0. The Labute approximate surface area is 856 Å². The van der Waals surface area contributed by atoms with E-state index >= 15 is 0 Å². The van der Waals surface area contributed by atoms with Crippen LogP contribution in [0.1, 0.15) is 541 Å². The second-order valence-corrected chi connectivity index (χ2v) is 48.2. The van der Waals surface area contributed by atoms with Gasteiger partial charge in [-0.05, 0) is 399 Å².